The van der Waals surface area contributed by atoms with Crippen LogP contribution in [0, 0.1) is 5.41 Å². The molecule has 24 heavy (non-hydrogen) atoms. The number of amides is 1. The molecular weight excluding hydrogens is 306 g/mol. The summed E-state index contributed by atoms with van der Waals surface area (Å²) in [5, 5.41) is 9.54. The van der Waals surface area contributed by atoms with Gasteiger partial charge in [-0.2, -0.15) is 0 Å². The Bertz CT molecular complexity index is 554. The van der Waals surface area contributed by atoms with Crippen LogP contribution in [-0.4, -0.2) is 58.4 Å². The smallest absolute Gasteiger partial charge is 0.309 e. The Hall–Kier alpha value is -1.95. The first-order valence-electron chi connectivity index (χ1n) is 8.56. The Morgan fingerprint density at radius 2 is 2.04 bits per heavy atom. The number of rotatable bonds is 7. The van der Waals surface area contributed by atoms with Crippen molar-refractivity contribution in [3.05, 3.63) is 30.1 Å². The van der Waals surface area contributed by atoms with Gasteiger partial charge in [-0.05, 0) is 38.4 Å². The van der Waals surface area contributed by atoms with E-state index in [0.717, 1.165) is 12.1 Å². The molecule has 0 spiro atoms. The van der Waals surface area contributed by atoms with Crippen LogP contribution in [0.2, 0.25) is 0 Å². The van der Waals surface area contributed by atoms with Crippen molar-refractivity contribution < 1.29 is 14.7 Å². The number of hydrogen-bond acceptors (Lipinski definition) is 4. The van der Waals surface area contributed by atoms with Gasteiger partial charge in [-0.1, -0.05) is 19.4 Å². The Balaban J connectivity index is 1.85. The zero-order valence-corrected chi connectivity index (χ0v) is 14.6. The number of carboxylic acid groups (broad SMARTS) is 1. The van der Waals surface area contributed by atoms with E-state index < -0.39 is 11.4 Å². The normalized spacial score (nSPS) is 17.0. The number of aromatic nitrogens is 1. The summed E-state index contributed by atoms with van der Waals surface area (Å²) in [7, 11) is 1.90. The third-order valence-corrected chi connectivity index (χ3v) is 4.82. The molecule has 1 amide bonds. The van der Waals surface area contributed by atoms with Gasteiger partial charge in [0.05, 0.1) is 17.7 Å². The molecule has 2 rings (SSSR count). The minimum Gasteiger partial charge on any atom is -0.481 e. The molecule has 0 aliphatic carbocycles. The van der Waals surface area contributed by atoms with Crippen LogP contribution in [0.15, 0.2) is 24.4 Å². The standard InChI is InChI=1S/C18H27N3O3/c1-3-7-18(17(23)24)8-11-21(12-9-18)16(22)14-20(2)13-15-6-4-5-10-19-15/h4-6,10H,3,7-9,11-14H2,1-2H3,(H,23,24). The van der Waals surface area contributed by atoms with Crippen molar-refractivity contribution in [1.82, 2.24) is 14.8 Å². The van der Waals surface area contributed by atoms with E-state index in [0.29, 0.717) is 45.4 Å². The fraction of sp³-hybridized carbons (Fsp3) is 0.611. The highest BCUT2D eigenvalue weighted by atomic mass is 16.4. The van der Waals surface area contributed by atoms with Gasteiger partial charge in [0.25, 0.3) is 0 Å². The monoisotopic (exact) mass is 333 g/mol. The van der Waals surface area contributed by atoms with Crippen molar-refractivity contribution in [2.45, 2.75) is 39.2 Å². The first kappa shape index (κ1) is 18.4. The maximum atomic E-state index is 12.5. The van der Waals surface area contributed by atoms with Gasteiger partial charge in [0.15, 0.2) is 0 Å². The molecule has 0 saturated carbocycles. The molecule has 1 fully saturated rings. The number of likely N-dealkylation sites (N-methyl/N-ethyl adjacent to an activating group) is 1. The highest BCUT2D eigenvalue weighted by Gasteiger charge is 2.41. The van der Waals surface area contributed by atoms with E-state index in [4.69, 9.17) is 0 Å². The quantitative estimate of drug-likeness (QED) is 0.826. The van der Waals surface area contributed by atoms with Crippen molar-refractivity contribution in [3.8, 4) is 0 Å². The summed E-state index contributed by atoms with van der Waals surface area (Å²) in [4.78, 5) is 32.1. The van der Waals surface area contributed by atoms with E-state index in [1.54, 1.807) is 11.1 Å². The van der Waals surface area contributed by atoms with Gasteiger partial charge in [-0.15, -0.1) is 0 Å². The summed E-state index contributed by atoms with van der Waals surface area (Å²) in [6, 6.07) is 5.74. The zero-order valence-electron chi connectivity index (χ0n) is 14.6. The van der Waals surface area contributed by atoms with Crippen molar-refractivity contribution in [3.63, 3.8) is 0 Å². The van der Waals surface area contributed by atoms with E-state index >= 15 is 0 Å². The van der Waals surface area contributed by atoms with Crippen LogP contribution in [0.5, 0.6) is 0 Å². The van der Waals surface area contributed by atoms with Crippen LogP contribution in [0.4, 0.5) is 0 Å². The lowest BCUT2D eigenvalue weighted by atomic mass is 9.75. The SMILES string of the molecule is CCCC1(C(=O)O)CCN(C(=O)CN(C)Cc2ccccn2)CC1. The lowest BCUT2D eigenvalue weighted by molar-refractivity contribution is -0.155. The Labute approximate surface area is 143 Å². The summed E-state index contributed by atoms with van der Waals surface area (Å²) in [6.07, 6.45) is 4.38. The van der Waals surface area contributed by atoms with Gasteiger partial charge in [0.1, 0.15) is 0 Å². The number of carboxylic acids is 1. The highest BCUT2D eigenvalue weighted by Crippen LogP contribution is 2.36. The molecule has 6 heteroatoms. The first-order valence-corrected chi connectivity index (χ1v) is 8.56. The summed E-state index contributed by atoms with van der Waals surface area (Å²) in [6.45, 7) is 4.01. The molecule has 1 aliphatic rings. The van der Waals surface area contributed by atoms with E-state index in [-0.39, 0.29) is 5.91 Å². The lowest BCUT2D eigenvalue weighted by Crippen LogP contribution is -2.48. The van der Waals surface area contributed by atoms with Crippen LogP contribution in [0.3, 0.4) is 0 Å². The number of nitrogens with zero attached hydrogens (tertiary/aromatic N) is 3. The molecule has 0 atom stereocenters. The predicted molar refractivity (Wildman–Crippen MR) is 91.4 cm³/mol. The third-order valence-electron chi connectivity index (χ3n) is 4.82. The van der Waals surface area contributed by atoms with Crippen molar-refractivity contribution in [2.75, 3.05) is 26.7 Å². The van der Waals surface area contributed by atoms with Crippen molar-refractivity contribution >= 4 is 11.9 Å². The average molecular weight is 333 g/mol. The number of likely N-dealkylation sites (tertiary alicyclic amines) is 1. The van der Waals surface area contributed by atoms with E-state index in [2.05, 4.69) is 4.98 Å². The van der Waals surface area contributed by atoms with Gasteiger partial charge in [0.2, 0.25) is 5.91 Å². The number of aliphatic carboxylic acids is 1. The minimum atomic E-state index is -0.719. The number of piperidine rings is 1. The molecule has 132 valence electrons. The number of carbonyl (C=O) groups excluding carboxylic acids is 1. The van der Waals surface area contributed by atoms with Crippen LogP contribution < -0.4 is 0 Å². The van der Waals surface area contributed by atoms with Gasteiger partial charge < -0.3 is 10.0 Å². The first-order chi connectivity index (χ1) is 11.5. The number of hydrogen-bond donors (Lipinski definition) is 1. The third kappa shape index (κ3) is 4.54. The molecule has 0 radical (unpaired) electrons. The molecule has 2 heterocycles. The summed E-state index contributed by atoms with van der Waals surface area (Å²) >= 11 is 0. The summed E-state index contributed by atoms with van der Waals surface area (Å²) in [5.74, 6) is -0.660. The lowest BCUT2D eigenvalue weighted by Gasteiger charge is -2.39. The molecule has 1 aromatic heterocycles. The second-order valence-electron chi connectivity index (χ2n) is 6.71. The molecule has 0 unspecified atom stereocenters. The van der Waals surface area contributed by atoms with Crippen LogP contribution in [0.1, 0.15) is 38.3 Å². The van der Waals surface area contributed by atoms with Gasteiger partial charge in [-0.3, -0.25) is 19.5 Å². The molecule has 6 nitrogen and oxygen atoms in total. The Kier molecular flexibility index (Phi) is 6.31. The molecule has 1 aliphatic heterocycles. The molecule has 1 aromatic rings. The number of carbonyl (C=O) groups is 2. The molecular formula is C18H27N3O3. The number of pyridine rings is 1. The van der Waals surface area contributed by atoms with Crippen molar-refractivity contribution in [1.29, 1.82) is 0 Å². The summed E-state index contributed by atoms with van der Waals surface area (Å²) in [5.41, 5.74) is 0.282. The average Bonchev–Trinajstić information content (AvgIpc) is 2.56. The van der Waals surface area contributed by atoms with Gasteiger partial charge in [-0.25, -0.2) is 0 Å². The largest absolute Gasteiger partial charge is 0.481 e. The van der Waals surface area contributed by atoms with E-state index in [1.807, 2.05) is 37.1 Å². The molecule has 1 saturated heterocycles. The van der Waals surface area contributed by atoms with Crippen LogP contribution in [-0.2, 0) is 16.1 Å². The van der Waals surface area contributed by atoms with Crippen LogP contribution in [0.25, 0.3) is 0 Å². The van der Waals surface area contributed by atoms with Gasteiger partial charge in [0, 0.05) is 25.8 Å². The Morgan fingerprint density at radius 1 is 1.33 bits per heavy atom. The van der Waals surface area contributed by atoms with E-state index in [1.165, 1.54) is 0 Å². The summed E-state index contributed by atoms with van der Waals surface area (Å²) < 4.78 is 0. The minimum absolute atomic E-state index is 0.0592. The Morgan fingerprint density at radius 3 is 2.58 bits per heavy atom. The maximum absolute atomic E-state index is 12.5. The maximum Gasteiger partial charge on any atom is 0.309 e. The van der Waals surface area contributed by atoms with Gasteiger partial charge >= 0.3 is 5.97 Å². The molecule has 1 N–H and O–H groups in total. The highest BCUT2D eigenvalue weighted by molar-refractivity contribution is 5.79. The van der Waals surface area contributed by atoms with Crippen molar-refractivity contribution in [2.24, 2.45) is 5.41 Å². The topological polar surface area (TPSA) is 73.7 Å². The fourth-order valence-electron chi connectivity index (χ4n) is 3.39. The second kappa shape index (κ2) is 8.24. The predicted octanol–water partition coefficient (Wildman–Crippen LogP) is 2.01. The van der Waals surface area contributed by atoms with Crippen LogP contribution >= 0.6 is 0 Å². The van der Waals surface area contributed by atoms with E-state index in [9.17, 15) is 14.7 Å². The molecule has 0 aromatic carbocycles. The molecule has 0 bridgehead atoms. The fourth-order valence-corrected chi connectivity index (χ4v) is 3.39. The zero-order chi connectivity index (χ0) is 17.6. The second-order valence-corrected chi connectivity index (χ2v) is 6.71.